The first-order valence-corrected chi connectivity index (χ1v) is 11.5. The zero-order valence-electron chi connectivity index (χ0n) is 18.6. The number of unbranched alkanes of at least 4 members (excludes halogenated alkanes) is 1. The van der Waals surface area contributed by atoms with Gasteiger partial charge < -0.3 is 13.6 Å². The SMILES string of the molecule is CCCCC1(CC)COP(Oc2ccc(C(C)(C)C)cc2C(C)(C)C)OC1. The lowest BCUT2D eigenvalue weighted by Gasteiger charge is -2.38. The van der Waals surface area contributed by atoms with E-state index in [0.29, 0.717) is 0 Å². The second-order valence-corrected chi connectivity index (χ2v) is 11.2. The van der Waals surface area contributed by atoms with Gasteiger partial charge in [-0.25, -0.2) is 0 Å². The maximum Gasteiger partial charge on any atom is 0.397 e. The van der Waals surface area contributed by atoms with Crippen LogP contribution >= 0.6 is 8.60 Å². The number of benzene rings is 1. The van der Waals surface area contributed by atoms with Gasteiger partial charge in [0.2, 0.25) is 0 Å². The second kappa shape index (κ2) is 8.80. The van der Waals surface area contributed by atoms with Crippen molar-refractivity contribution in [1.82, 2.24) is 0 Å². The third-order valence-electron chi connectivity index (χ3n) is 5.59. The molecule has 1 aliphatic rings. The minimum Gasteiger partial charge on any atom is -0.426 e. The Morgan fingerprint density at radius 3 is 2.11 bits per heavy atom. The van der Waals surface area contributed by atoms with Gasteiger partial charge in [-0.1, -0.05) is 80.4 Å². The molecule has 0 aromatic heterocycles. The molecule has 2 rings (SSSR count). The molecule has 1 aromatic rings. The average Bonchev–Trinajstić information content (AvgIpc) is 2.60. The van der Waals surface area contributed by atoms with Crippen LogP contribution in [0, 0.1) is 5.41 Å². The Bertz CT molecular complexity index is 605. The highest BCUT2D eigenvalue weighted by molar-refractivity contribution is 7.42. The van der Waals surface area contributed by atoms with Crippen LogP contribution in [0.4, 0.5) is 0 Å². The summed E-state index contributed by atoms with van der Waals surface area (Å²) in [6.07, 6.45) is 4.68. The highest BCUT2D eigenvalue weighted by Crippen LogP contribution is 2.51. The molecule has 0 saturated carbocycles. The standard InChI is InChI=1S/C23H39O3P/c1-9-11-14-23(10-2)16-24-27(25-17-23)26-20-13-12-18(21(3,4)5)15-19(20)22(6,7)8/h12-13,15H,9-11,14,16-17H2,1-8H3. The van der Waals surface area contributed by atoms with Crippen molar-refractivity contribution in [2.75, 3.05) is 13.2 Å². The highest BCUT2D eigenvalue weighted by Gasteiger charge is 2.37. The van der Waals surface area contributed by atoms with Crippen molar-refractivity contribution < 1.29 is 13.6 Å². The van der Waals surface area contributed by atoms with Crippen LogP contribution in [0.2, 0.25) is 0 Å². The number of hydrogen-bond acceptors (Lipinski definition) is 3. The van der Waals surface area contributed by atoms with Crippen LogP contribution in [0.5, 0.6) is 5.75 Å². The zero-order chi connectivity index (χ0) is 20.3. The lowest BCUT2D eigenvalue weighted by atomic mass is 9.80. The summed E-state index contributed by atoms with van der Waals surface area (Å²) in [6.45, 7) is 19.4. The molecular weight excluding hydrogens is 355 g/mol. The van der Waals surface area contributed by atoms with Crippen LogP contribution in [0.3, 0.4) is 0 Å². The molecule has 0 unspecified atom stereocenters. The Morgan fingerprint density at radius 1 is 1.00 bits per heavy atom. The van der Waals surface area contributed by atoms with E-state index < -0.39 is 8.60 Å². The maximum absolute atomic E-state index is 6.24. The van der Waals surface area contributed by atoms with Crippen molar-refractivity contribution in [2.24, 2.45) is 5.41 Å². The normalized spacial score (nSPS) is 24.1. The molecule has 0 N–H and O–H groups in total. The molecule has 1 heterocycles. The van der Waals surface area contributed by atoms with Gasteiger partial charge in [0.15, 0.2) is 0 Å². The van der Waals surface area contributed by atoms with E-state index in [1.807, 2.05) is 0 Å². The van der Waals surface area contributed by atoms with Crippen LogP contribution in [0.25, 0.3) is 0 Å². The van der Waals surface area contributed by atoms with Crippen LogP contribution < -0.4 is 4.52 Å². The van der Waals surface area contributed by atoms with E-state index in [2.05, 4.69) is 73.6 Å². The lowest BCUT2D eigenvalue weighted by Crippen LogP contribution is -2.34. The van der Waals surface area contributed by atoms with Crippen LogP contribution in [0.1, 0.15) is 92.2 Å². The summed E-state index contributed by atoms with van der Waals surface area (Å²) in [4.78, 5) is 0. The predicted octanol–water partition coefficient (Wildman–Crippen LogP) is 7.52. The second-order valence-electron chi connectivity index (χ2n) is 10.0. The van der Waals surface area contributed by atoms with E-state index in [-0.39, 0.29) is 16.2 Å². The minimum absolute atomic E-state index is 0.00395. The van der Waals surface area contributed by atoms with Gasteiger partial charge in [-0.05, 0) is 35.3 Å². The molecule has 0 atom stereocenters. The molecule has 27 heavy (non-hydrogen) atoms. The van der Waals surface area contributed by atoms with E-state index in [9.17, 15) is 0 Å². The molecule has 1 aromatic carbocycles. The summed E-state index contributed by atoms with van der Waals surface area (Å²) in [6, 6.07) is 6.54. The molecule has 0 aliphatic carbocycles. The Labute approximate surface area is 168 Å². The fourth-order valence-corrected chi connectivity index (χ4v) is 4.59. The van der Waals surface area contributed by atoms with Crippen LogP contribution in [0.15, 0.2) is 18.2 Å². The van der Waals surface area contributed by atoms with Crippen molar-refractivity contribution in [3.63, 3.8) is 0 Å². The summed E-state index contributed by atoms with van der Waals surface area (Å²) in [5.74, 6) is 0.888. The third-order valence-corrected chi connectivity index (χ3v) is 6.62. The molecule has 1 fully saturated rings. The molecule has 1 aliphatic heterocycles. The van der Waals surface area contributed by atoms with Crippen molar-refractivity contribution in [3.05, 3.63) is 29.3 Å². The largest absolute Gasteiger partial charge is 0.426 e. The van der Waals surface area contributed by atoms with Crippen LogP contribution in [-0.2, 0) is 19.9 Å². The summed E-state index contributed by atoms with van der Waals surface area (Å²) < 4.78 is 18.4. The van der Waals surface area contributed by atoms with Gasteiger partial charge in [-0.15, -0.1) is 0 Å². The summed E-state index contributed by atoms with van der Waals surface area (Å²) in [5, 5.41) is 0. The fourth-order valence-electron chi connectivity index (χ4n) is 3.33. The van der Waals surface area contributed by atoms with E-state index in [1.165, 1.54) is 24.0 Å². The highest BCUT2D eigenvalue weighted by atomic mass is 31.2. The first-order valence-electron chi connectivity index (χ1n) is 10.4. The Morgan fingerprint density at radius 2 is 1.63 bits per heavy atom. The van der Waals surface area contributed by atoms with Crippen molar-refractivity contribution in [3.8, 4) is 5.75 Å². The third kappa shape index (κ3) is 5.92. The van der Waals surface area contributed by atoms with Crippen LogP contribution in [-0.4, -0.2) is 13.2 Å². The molecule has 0 bridgehead atoms. The first kappa shape index (κ1) is 22.7. The van der Waals surface area contributed by atoms with E-state index in [4.69, 9.17) is 13.6 Å². The molecule has 0 spiro atoms. The van der Waals surface area contributed by atoms with Gasteiger partial charge in [0.1, 0.15) is 5.75 Å². The number of rotatable bonds is 6. The van der Waals surface area contributed by atoms with Crippen molar-refractivity contribution in [1.29, 1.82) is 0 Å². The topological polar surface area (TPSA) is 27.7 Å². The number of hydrogen-bond donors (Lipinski definition) is 0. The van der Waals surface area contributed by atoms with E-state index in [1.54, 1.807) is 0 Å². The maximum atomic E-state index is 6.24. The van der Waals surface area contributed by atoms with Crippen molar-refractivity contribution >= 4 is 8.60 Å². The molecule has 0 radical (unpaired) electrons. The smallest absolute Gasteiger partial charge is 0.397 e. The lowest BCUT2D eigenvalue weighted by molar-refractivity contribution is 0.00796. The Hall–Kier alpha value is -0.630. The molecule has 4 heteroatoms. The molecule has 0 amide bonds. The molecular formula is C23H39O3P. The summed E-state index contributed by atoms with van der Waals surface area (Å²) in [5.41, 5.74) is 2.80. The van der Waals surface area contributed by atoms with Gasteiger partial charge in [0.25, 0.3) is 0 Å². The monoisotopic (exact) mass is 394 g/mol. The average molecular weight is 395 g/mol. The van der Waals surface area contributed by atoms with E-state index in [0.717, 1.165) is 31.8 Å². The molecule has 154 valence electrons. The van der Waals surface area contributed by atoms with Gasteiger partial charge >= 0.3 is 8.60 Å². The zero-order valence-corrected chi connectivity index (χ0v) is 19.5. The predicted molar refractivity (Wildman–Crippen MR) is 116 cm³/mol. The quantitative estimate of drug-likeness (QED) is 0.467. The van der Waals surface area contributed by atoms with Gasteiger partial charge in [0, 0.05) is 11.0 Å². The van der Waals surface area contributed by atoms with Gasteiger partial charge in [-0.2, -0.15) is 0 Å². The first-order chi connectivity index (χ1) is 12.5. The van der Waals surface area contributed by atoms with Gasteiger partial charge in [-0.3, -0.25) is 0 Å². The fraction of sp³-hybridized carbons (Fsp3) is 0.739. The van der Waals surface area contributed by atoms with Crippen molar-refractivity contribution in [2.45, 2.75) is 91.9 Å². The minimum atomic E-state index is -1.33. The van der Waals surface area contributed by atoms with E-state index >= 15 is 0 Å². The molecule has 3 nitrogen and oxygen atoms in total. The Balaban J connectivity index is 2.14. The van der Waals surface area contributed by atoms with Gasteiger partial charge in [0.05, 0.1) is 13.2 Å². The Kier molecular flexibility index (Phi) is 7.39. The summed E-state index contributed by atoms with van der Waals surface area (Å²) >= 11 is 0. The summed E-state index contributed by atoms with van der Waals surface area (Å²) in [7, 11) is -1.33. The molecule has 1 saturated heterocycles.